The normalized spacial score (nSPS) is 34.0. The van der Waals surface area contributed by atoms with E-state index in [4.69, 9.17) is 5.73 Å². The Morgan fingerprint density at radius 2 is 1.93 bits per heavy atom. The second-order valence-electron chi connectivity index (χ2n) is 4.52. The Morgan fingerprint density at radius 3 is 2.43 bits per heavy atom. The average molecular weight is 197 g/mol. The van der Waals surface area contributed by atoms with Crippen LogP contribution in [0.1, 0.15) is 12.8 Å². The van der Waals surface area contributed by atoms with Crippen LogP contribution < -0.4 is 5.73 Å². The summed E-state index contributed by atoms with van der Waals surface area (Å²) in [6, 6.07) is 0.0353. The van der Waals surface area contributed by atoms with E-state index in [9.17, 15) is 4.79 Å². The van der Waals surface area contributed by atoms with Crippen LogP contribution in [0.2, 0.25) is 0 Å². The summed E-state index contributed by atoms with van der Waals surface area (Å²) in [5.74, 6) is 0.317. The van der Waals surface area contributed by atoms with Crippen LogP contribution in [0.3, 0.4) is 0 Å². The van der Waals surface area contributed by atoms with E-state index in [1.165, 1.54) is 0 Å². The highest BCUT2D eigenvalue weighted by Crippen LogP contribution is 2.19. The molecule has 0 aliphatic carbocycles. The van der Waals surface area contributed by atoms with Crippen molar-refractivity contribution < 1.29 is 4.79 Å². The Hall–Kier alpha value is -0.610. The predicted octanol–water partition coefficient (Wildman–Crippen LogP) is -0.502. The molecule has 0 bridgehead atoms. The zero-order chi connectivity index (χ0) is 10.1. The molecule has 2 unspecified atom stereocenters. The predicted molar refractivity (Wildman–Crippen MR) is 54.8 cm³/mol. The number of likely N-dealkylation sites (tertiary alicyclic amines) is 2. The van der Waals surface area contributed by atoms with Gasteiger partial charge in [0, 0.05) is 32.2 Å². The number of amides is 1. The summed E-state index contributed by atoms with van der Waals surface area (Å²) in [5.41, 5.74) is 5.95. The number of nitrogens with two attached hydrogens (primary N) is 1. The van der Waals surface area contributed by atoms with Crippen molar-refractivity contribution in [2.24, 2.45) is 11.7 Å². The molecule has 2 heterocycles. The number of nitrogens with zero attached hydrogens (tertiary/aromatic N) is 2. The summed E-state index contributed by atoms with van der Waals surface area (Å²) in [6.07, 6.45) is 2.31. The van der Waals surface area contributed by atoms with E-state index in [-0.39, 0.29) is 17.9 Å². The number of carbonyl (C=O) groups is 1. The number of likely N-dealkylation sites (N-methyl/N-ethyl adjacent to an activating group) is 1. The maximum absolute atomic E-state index is 12.0. The molecule has 4 heteroatoms. The van der Waals surface area contributed by atoms with Gasteiger partial charge in [-0.25, -0.2) is 0 Å². The Labute approximate surface area is 85.0 Å². The largest absolute Gasteiger partial charge is 0.342 e. The highest BCUT2D eigenvalue weighted by Gasteiger charge is 2.36. The molecule has 2 aliphatic heterocycles. The van der Waals surface area contributed by atoms with Crippen LogP contribution in [-0.2, 0) is 4.79 Å². The SMILES string of the molecule is CN1CC(N)C(C(=O)N2CCCC2)C1. The Kier molecular flexibility index (Phi) is 2.74. The standard InChI is InChI=1S/C10H19N3O/c1-12-6-8(9(11)7-12)10(14)13-4-2-3-5-13/h8-9H,2-7,11H2,1H3. The maximum atomic E-state index is 12.0. The highest BCUT2D eigenvalue weighted by atomic mass is 16.2. The van der Waals surface area contributed by atoms with Gasteiger partial charge in [0.15, 0.2) is 0 Å². The third-order valence-electron chi connectivity index (χ3n) is 3.28. The first-order chi connectivity index (χ1) is 6.68. The monoisotopic (exact) mass is 197 g/mol. The van der Waals surface area contributed by atoms with Gasteiger partial charge in [-0.15, -0.1) is 0 Å². The summed E-state index contributed by atoms with van der Waals surface area (Å²) < 4.78 is 0. The molecule has 0 spiro atoms. The van der Waals surface area contributed by atoms with E-state index in [0.717, 1.165) is 39.0 Å². The summed E-state index contributed by atoms with van der Waals surface area (Å²) in [5, 5.41) is 0. The van der Waals surface area contributed by atoms with Gasteiger partial charge in [-0.2, -0.15) is 0 Å². The fourth-order valence-corrected chi connectivity index (χ4v) is 2.47. The molecule has 0 aromatic rings. The summed E-state index contributed by atoms with van der Waals surface area (Å²) in [4.78, 5) is 16.1. The highest BCUT2D eigenvalue weighted by molar-refractivity contribution is 5.80. The van der Waals surface area contributed by atoms with Gasteiger partial charge < -0.3 is 15.5 Å². The first-order valence-electron chi connectivity index (χ1n) is 5.41. The number of hydrogen-bond donors (Lipinski definition) is 1. The van der Waals surface area contributed by atoms with Crippen LogP contribution >= 0.6 is 0 Å². The smallest absolute Gasteiger partial charge is 0.228 e. The lowest BCUT2D eigenvalue weighted by molar-refractivity contribution is -0.134. The van der Waals surface area contributed by atoms with E-state index in [2.05, 4.69) is 4.90 Å². The molecule has 2 aliphatic rings. The van der Waals surface area contributed by atoms with Crippen LogP contribution in [0, 0.1) is 5.92 Å². The van der Waals surface area contributed by atoms with Crippen molar-refractivity contribution >= 4 is 5.91 Å². The third kappa shape index (κ3) is 1.77. The topological polar surface area (TPSA) is 49.6 Å². The molecule has 2 rings (SSSR count). The van der Waals surface area contributed by atoms with Crippen LogP contribution in [0.5, 0.6) is 0 Å². The second-order valence-corrected chi connectivity index (χ2v) is 4.52. The van der Waals surface area contributed by atoms with Crippen LogP contribution in [0.15, 0.2) is 0 Å². The zero-order valence-electron chi connectivity index (χ0n) is 8.78. The van der Waals surface area contributed by atoms with E-state index in [1.54, 1.807) is 0 Å². The summed E-state index contributed by atoms with van der Waals surface area (Å²) in [7, 11) is 2.02. The molecule has 4 nitrogen and oxygen atoms in total. The maximum Gasteiger partial charge on any atom is 0.228 e. The minimum atomic E-state index is 0.0353. The van der Waals surface area contributed by atoms with Crippen molar-refractivity contribution in [1.29, 1.82) is 0 Å². The Balaban J connectivity index is 1.96. The van der Waals surface area contributed by atoms with Crippen LogP contribution in [0.25, 0.3) is 0 Å². The van der Waals surface area contributed by atoms with Crippen molar-refractivity contribution in [3.63, 3.8) is 0 Å². The van der Waals surface area contributed by atoms with Gasteiger partial charge in [0.25, 0.3) is 0 Å². The van der Waals surface area contributed by atoms with Crippen LogP contribution in [-0.4, -0.2) is 55.0 Å². The van der Waals surface area contributed by atoms with Crippen molar-refractivity contribution in [3.05, 3.63) is 0 Å². The molecule has 0 radical (unpaired) electrons. The second kappa shape index (κ2) is 3.87. The quantitative estimate of drug-likeness (QED) is 0.616. The molecule has 0 aromatic heterocycles. The molecular weight excluding hydrogens is 178 g/mol. The zero-order valence-corrected chi connectivity index (χ0v) is 8.78. The van der Waals surface area contributed by atoms with Gasteiger partial charge in [0.05, 0.1) is 5.92 Å². The summed E-state index contributed by atoms with van der Waals surface area (Å²) >= 11 is 0. The minimum absolute atomic E-state index is 0.0353. The van der Waals surface area contributed by atoms with Gasteiger partial charge in [-0.3, -0.25) is 4.79 Å². The van der Waals surface area contributed by atoms with Crippen molar-refractivity contribution in [3.8, 4) is 0 Å². The fraction of sp³-hybridized carbons (Fsp3) is 0.900. The number of hydrogen-bond acceptors (Lipinski definition) is 3. The molecule has 2 atom stereocenters. The van der Waals surface area contributed by atoms with Crippen LogP contribution in [0.4, 0.5) is 0 Å². The molecular formula is C10H19N3O. The first-order valence-corrected chi connectivity index (χ1v) is 5.41. The molecule has 0 aromatic carbocycles. The van der Waals surface area contributed by atoms with E-state index < -0.39 is 0 Å². The van der Waals surface area contributed by atoms with Gasteiger partial charge in [0.1, 0.15) is 0 Å². The van der Waals surface area contributed by atoms with Crippen molar-refractivity contribution in [2.75, 3.05) is 33.2 Å². The van der Waals surface area contributed by atoms with Gasteiger partial charge in [-0.1, -0.05) is 0 Å². The molecule has 1 amide bonds. The van der Waals surface area contributed by atoms with E-state index in [0.29, 0.717) is 0 Å². The van der Waals surface area contributed by atoms with Crippen molar-refractivity contribution in [1.82, 2.24) is 9.80 Å². The lowest BCUT2D eigenvalue weighted by atomic mass is 10.0. The van der Waals surface area contributed by atoms with Gasteiger partial charge >= 0.3 is 0 Å². The van der Waals surface area contributed by atoms with Gasteiger partial charge in [0.2, 0.25) is 5.91 Å². The molecule has 80 valence electrons. The molecule has 2 fully saturated rings. The van der Waals surface area contributed by atoms with E-state index in [1.807, 2.05) is 11.9 Å². The minimum Gasteiger partial charge on any atom is -0.342 e. The van der Waals surface area contributed by atoms with Crippen molar-refractivity contribution in [2.45, 2.75) is 18.9 Å². The lowest BCUT2D eigenvalue weighted by Crippen LogP contribution is -2.42. The third-order valence-corrected chi connectivity index (χ3v) is 3.28. The Bertz CT molecular complexity index is 225. The average Bonchev–Trinajstić information content (AvgIpc) is 2.73. The molecule has 2 N–H and O–H groups in total. The molecule has 0 saturated carbocycles. The fourth-order valence-electron chi connectivity index (χ4n) is 2.47. The lowest BCUT2D eigenvalue weighted by Gasteiger charge is -2.21. The molecule has 2 saturated heterocycles. The Morgan fingerprint density at radius 1 is 1.29 bits per heavy atom. The molecule has 14 heavy (non-hydrogen) atoms. The number of rotatable bonds is 1. The van der Waals surface area contributed by atoms with Gasteiger partial charge in [-0.05, 0) is 19.9 Å². The van der Waals surface area contributed by atoms with E-state index >= 15 is 0 Å². The number of carbonyl (C=O) groups excluding carboxylic acids is 1. The first kappa shape index (κ1) is 9.93. The summed E-state index contributed by atoms with van der Waals surface area (Å²) in [6.45, 7) is 3.55.